The summed E-state index contributed by atoms with van der Waals surface area (Å²) in [6.45, 7) is 1.33. The first-order valence-corrected chi connectivity index (χ1v) is 10.1. The Kier molecular flexibility index (Phi) is 4.67. The lowest BCUT2D eigenvalue weighted by atomic mass is 9.96. The number of aromatic nitrogens is 2. The van der Waals surface area contributed by atoms with Gasteiger partial charge in [-0.2, -0.15) is 0 Å². The van der Waals surface area contributed by atoms with Crippen molar-refractivity contribution < 1.29 is 9.21 Å². The molecular weight excluding hydrogens is 378 g/mol. The van der Waals surface area contributed by atoms with E-state index in [-0.39, 0.29) is 11.3 Å². The van der Waals surface area contributed by atoms with Gasteiger partial charge in [-0.15, -0.1) is 0 Å². The lowest BCUT2D eigenvalue weighted by molar-refractivity contribution is -0.127. The third kappa shape index (κ3) is 3.41. The van der Waals surface area contributed by atoms with Crippen LogP contribution in [0.5, 0.6) is 0 Å². The zero-order valence-corrected chi connectivity index (χ0v) is 16.4. The summed E-state index contributed by atoms with van der Waals surface area (Å²) in [4.78, 5) is 35.1. The number of likely N-dealkylation sites (tertiary alicyclic amines) is 1. The Balaban J connectivity index is 1.26. The van der Waals surface area contributed by atoms with Crippen LogP contribution in [0.2, 0.25) is 0 Å². The summed E-state index contributed by atoms with van der Waals surface area (Å²) in [5, 5.41) is 0.513. The number of amides is 1. The molecule has 1 fully saturated rings. The van der Waals surface area contributed by atoms with E-state index in [0.29, 0.717) is 35.5 Å². The first-order chi connectivity index (χ1) is 14.7. The van der Waals surface area contributed by atoms with Crippen LogP contribution in [0.25, 0.3) is 28.1 Å². The van der Waals surface area contributed by atoms with E-state index >= 15 is 0 Å². The molecule has 1 aliphatic rings. The van der Waals surface area contributed by atoms with E-state index in [0.717, 1.165) is 29.7 Å². The molecule has 1 amide bonds. The van der Waals surface area contributed by atoms with Crippen LogP contribution in [0.4, 0.5) is 0 Å². The van der Waals surface area contributed by atoms with Crippen LogP contribution >= 0.6 is 0 Å². The van der Waals surface area contributed by atoms with Crippen molar-refractivity contribution in [3.05, 3.63) is 82.5 Å². The second-order valence-electron chi connectivity index (χ2n) is 7.59. The normalized spacial score (nSPS) is 15.4. The lowest BCUT2D eigenvalue weighted by Crippen LogP contribution is -2.37. The number of H-pyrrole nitrogens is 1. The van der Waals surface area contributed by atoms with Gasteiger partial charge >= 0.3 is 0 Å². The van der Waals surface area contributed by atoms with E-state index in [1.807, 2.05) is 35.2 Å². The Hall–Kier alpha value is -3.67. The fourth-order valence-electron chi connectivity index (χ4n) is 4.01. The molecule has 5 rings (SSSR count). The smallest absolute Gasteiger partial charge is 0.246 e. The highest BCUT2D eigenvalue weighted by atomic mass is 16.3. The average Bonchev–Trinajstić information content (AvgIpc) is 3.23. The summed E-state index contributed by atoms with van der Waals surface area (Å²) >= 11 is 0. The summed E-state index contributed by atoms with van der Waals surface area (Å²) in [5.74, 6) is 1.22. The van der Waals surface area contributed by atoms with Gasteiger partial charge in [0, 0.05) is 25.1 Å². The summed E-state index contributed by atoms with van der Waals surface area (Å²) in [7, 11) is 0. The quantitative estimate of drug-likeness (QED) is 0.526. The molecule has 0 radical (unpaired) electrons. The van der Waals surface area contributed by atoms with Gasteiger partial charge in [0.2, 0.25) is 5.91 Å². The van der Waals surface area contributed by atoms with E-state index in [1.165, 1.54) is 12.3 Å². The Morgan fingerprint density at radius 2 is 1.87 bits per heavy atom. The third-order valence-electron chi connectivity index (χ3n) is 5.71. The molecule has 1 aliphatic heterocycles. The van der Waals surface area contributed by atoms with Gasteiger partial charge < -0.3 is 14.3 Å². The van der Waals surface area contributed by atoms with Crippen molar-refractivity contribution in [2.24, 2.45) is 0 Å². The number of carbonyl (C=O) groups excluding carboxylic acids is 1. The molecule has 1 N–H and O–H groups in total. The van der Waals surface area contributed by atoms with Gasteiger partial charge in [0.05, 0.1) is 22.0 Å². The molecule has 0 atom stereocenters. The summed E-state index contributed by atoms with van der Waals surface area (Å²) in [6, 6.07) is 15.1. The maximum absolute atomic E-state index is 12.6. The maximum Gasteiger partial charge on any atom is 0.246 e. The van der Waals surface area contributed by atoms with Gasteiger partial charge in [-0.3, -0.25) is 9.59 Å². The molecule has 0 bridgehead atoms. The van der Waals surface area contributed by atoms with E-state index in [4.69, 9.17) is 9.40 Å². The monoisotopic (exact) mass is 399 g/mol. The predicted molar refractivity (Wildman–Crippen MR) is 116 cm³/mol. The van der Waals surface area contributed by atoms with Gasteiger partial charge in [-0.05, 0) is 43.2 Å². The van der Waals surface area contributed by atoms with E-state index < -0.39 is 0 Å². The van der Waals surface area contributed by atoms with Gasteiger partial charge in [-0.1, -0.05) is 24.3 Å². The third-order valence-corrected chi connectivity index (χ3v) is 5.71. The number of aromatic amines is 1. The number of imidazole rings is 1. The molecule has 0 saturated carbocycles. The van der Waals surface area contributed by atoms with Crippen LogP contribution in [0.1, 0.15) is 30.1 Å². The van der Waals surface area contributed by atoms with Crippen LogP contribution in [-0.4, -0.2) is 33.9 Å². The zero-order chi connectivity index (χ0) is 20.5. The molecule has 1 saturated heterocycles. The fraction of sp³-hybridized carbons (Fsp3) is 0.208. The van der Waals surface area contributed by atoms with Crippen LogP contribution in [0.15, 0.2) is 70.1 Å². The van der Waals surface area contributed by atoms with Crippen molar-refractivity contribution in [3.63, 3.8) is 0 Å². The van der Waals surface area contributed by atoms with Crippen LogP contribution in [-0.2, 0) is 4.79 Å². The number of para-hydroxylation sites is 3. The number of fused-ring (bicyclic) bond motifs is 2. The number of hydrogen-bond donors (Lipinski definition) is 1. The van der Waals surface area contributed by atoms with Crippen molar-refractivity contribution in [2.45, 2.75) is 18.8 Å². The van der Waals surface area contributed by atoms with E-state index in [2.05, 4.69) is 4.98 Å². The number of piperidine rings is 1. The molecule has 4 aromatic rings. The van der Waals surface area contributed by atoms with Crippen molar-refractivity contribution in [2.75, 3.05) is 13.1 Å². The molecule has 0 aliphatic carbocycles. The molecule has 6 nitrogen and oxygen atoms in total. The molecule has 6 heteroatoms. The number of nitrogens with one attached hydrogen (secondary N) is 1. The molecule has 2 aromatic carbocycles. The number of rotatable bonds is 3. The first-order valence-electron chi connectivity index (χ1n) is 10.1. The summed E-state index contributed by atoms with van der Waals surface area (Å²) in [5.41, 5.74) is 2.80. The highest BCUT2D eigenvalue weighted by molar-refractivity contribution is 5.92. The highest BCUT2D eigenvalue weighted by Gasteiger charge is 2.24. The molecule has 3 heterocycles. The van der Waals surface area contributed by atoms with Crippen LogP contribution in [0.3, 0.4) is 0 Å². The Morgan fingerprint density at radius 3 is 2.70 bits per heavy atom. The predicted octanol–water partition coefficient (Wildman–Crippen LogP) is 4.09. The highest BCUT2D eigenvalue weighted by Crippen LogP contribution is 2.27. The minimum Gasteiger partial charge on any atom is -0.463 e. The van der Waals surface area contributed by atoms with Gasteiger partial charge in [0.15, 0.2) is 5.43 Å². The topological polar surface area (TPSA) is 79.2 Å². The number of hydrogen-bond acceptors (Lipinski definition) is 4. The fourth-order valence-corrected chi connectivity index (χ4v) is 4.01. The van der Waals surface area contributed by atoms with Crippen LogP contribution in [0, 0.1) is 0 Å². The number of benzene rings is 2. The van der Waals surface area contributed by atoms with Crippen LogP contribution < -0.4 is 5.43 Å². The lowest BCUT2D eigenvalue weighted by Gasteiger charge is -2.30. The second-order valence-corrected chi connectivity index (χ2v) is 7.59. The van der Waals surface area contributed by atoms with Crippen molar-refractivity contribution in [1.82, 2.24) is 14.9 Å². The van der Waals surface area contributed by atoms with Gasteiger partial charge in [-0.25, -0.2) is 4.98 Å². The average molecular weight is 399 g/mol. The Morgan fingerprint density at radius 1 is 1.10 bits per heavy atom. The van der Waals surface area contributed by atoms with E-state index in [9.17, 15) is 9.59 Å². The standard InChI is InChI=1S/C24H21N3O3/c28-22(10-9-17-15-30-21-8-4-1-5-18(21)23(17)29)27-13-11-16(12-14-27)24-25-19-6-2-3-7-20(19)26-24/h1-10,15-16H,11-14H2,(H,25,26)/b10-9+. The minimum atomic E-state index is -0.135. The molecule has 30 heavy (non-hydrogen) atoms. The molecule has 0 unspecified atom stereocenters. The Labute approximate surface area is 172 Å². The van der Waals surface area contributed by atoms with Crippen molar-refractivity contribution in [1.29, 1.82) is 0 Å². The SMILES string of the molecule is O=C(/C=C/c1coc2ccccc2c1=O)N1CCC(c2nc3ccccc3[nH]2)CC1. The van der Waals surface area contributed by atoms with E-state index in [1.54, 1.807) is 24.3 Å². The number of nitrogens with zero attached hydrogens (tertiary/aromatic N) is 2. The molecular formula is C24H21N3O3. The first kappa shape index (κ1) is 18.4. The summed E-state index contributed by atoms with van der Waals surface area (Å²) < 4.78 is 5.50. The summed E-state index contributed by atoms with van der Waals surface area (Å²) in [6.07, 6.45) is 6.13. The number of carbonyl (C=O) groups is 1. The second kappa shape index (κ2) is 7.63. The van der Waals surface area contributed by atoms with Crippen molar-refractivity contribution in [3.8, 4) is 0 Å². The molecule has 150 valence electrons. The maximum atomic E-state index is 12.6. The minimum absolute atomic E-state index is 0.0920. The Bertz CT molecular complexity index is 1280. The van der Waals surface area contributed by atoms with Gasteiger partial charge in [0.1, 0.15) is 17.7 Å². The largest absolute Gasteiger partial charge is 0.463 e. The zero-order valence-electron chi connectivity index (χ0n) is 16.4. The van der Waals surface area contributed by atoms with Gasteiger partial charge in [0.25, 0.3) is 0 Å². The molecule has 2 aromatic heterocycles. The van der Waals surface area contributed by atoms with Crippen molar-refractivity contribution >= 4 is 34.0 Å². The molecule has 0 spiro atoms.